The summed E-state index contributed by atoms with van der Waals surface area (Å²) in [5.41, 5.74) is 0. The van der Waals surface area contributed by atoms with E-state index < -0.39 is 0 Å². The summed E-state index contributed by atoms with van der Waals surface area (Å²) in [7, 11) is 0. The predicted molar refractivity (Wildman–Crippen MR) is 53.7 cm³/mol. The summed E-state index contributed by atoms with van der Waals surface area (Å²) in [6, 6.07) is 1.51. The van der Waals surface area contributed by atoms with Gasteiger partial charge in [0.25, 0.3) is 0 Å². The van der Waals surface area contributed by atoms with Crippen molar-refractivity contribution in [1.29, 1.82) is 0 Å². The molecule has 1 rings (SSSR count). The fourth-order valence-electron chi connectivity index (χ4n) is 0.893. The van der Waals surface area contributed by atoms with Gasteiger partial charge in [0.15, 0.2) is 0 Å². The lowest BCUT2D eigenvalue weighted by molar-refractivity contribution is -0.114. The summed E-state index contributed by atoms with van der Waals surface area (Å²) >= 11 is 4.85. The van der Waals surface area contributed by atoms with Crippen LogP contribution in [0, 0.1) is 4.77 Å². The fraction of sp³-hybridized carbons (Fsp3) is 0.250. The van der Waals surface area contributed by atoms with Gasteiger partial charge in [0.2, 0.25) is 16.6 Å². The Kier molecular flexibility index (Phi) is 3.08. The average Bonchev–Trinajstić information content (AvgIpc) is 2.01. The van der Waals surface area contributed by atoms with Crippen molar-refractivity contribution in [1.82, 2.24) is 9.55 Å². The first-order valence-corrected chi connectivity index (χ1v) is 4.30. The van der Waals surface area contributed by atoms with E-state index in [0.29, 0.717) is 5.82 Å². The molecule has 0 saturated carbocycles. The van der Waals surface area contributed by atoms with Crippen LogP contribution in [0.4, 0.5) is 5.82 Å². The van der Waals surface area contributed by atoms with Gasteiger partial charge < -0.3 is 5.32 Å². The minimum Gasteiger partial charge on any atom is -0.311 e. The fourth-order valence-corrected chi connectivity index (χ4v) is 1.18. The summed E-state index contributed by atoms with van der Waals surface area (Å²) in [6.45, 7) is 2.76. The quantitative estimate of drug-likeness (QED) is 0.709. The van der Waals surface area contributed by atoms with Crippen molar-refractivity contribution >= 4 is 29.9 Å². The van der Waals surface area contributed by atoms with E-state index in [2.05, 4.69) is 10.3 Å². The topological polar surface area (TPSA) is 64.0 Å². The molecule has 1 amide bonds. The largest absolute Gasteiger partial charge is 0.311 e. The Hall–Kier alpha value is -1.56. The molecule has 1 heterocycles. The third-order valence-corrected chi connectivity index (χ3v) is 1.73. The van der Waals surface area contributed by atoms with Crippen molar-refractivity contribution in [2.75, 3.05) is 5.32 Å². The second-order valence-electron chi connectivity index (χ2n) is 2.67. The third kappa shape index (κ3) is 2.46. The Balaban J connectivity index is 3.07. The SMILES string of the molecule is CC(=O)Nc1ccn(C(C)=O)c(=S)n1. The van der Waals surface area contributed by atoms with E-state index >= 15 is 0 Å². The third-order valence-electron chi connectivity index (χ3n) is 1.45. The van der Waals surface area contributed by atoms with Gasteiger partial charge in [-0.25, -0.2) is 4.98 Å². The molecule has 0 atom stereocenters. The predicted octanol–water partition coefficient (Wildman–Crippen LogP) is 1.23. The zero-order valence-corrected chi connectivity index (χ0v) is 8.59. The van der Waals surface area contributed by atoms with Crippen LogP contribution in [-0.2, 0) is 4.79 Å². The van der Waals surface area contributed by atoms with Crippen LogP contribution in [0.15, 0.2) is 12.3 Å². The molecule has 14 heavy (non-hydrogen) atoms. The molecule has 1 aromatic rings. The number of hydrogen-bond acceptors (Lipinski definition) is 4. The summed E-state index contributed by atoms with van der Waals surface area (Å²) in [5, 5.41) is 2.47. The van der Waals surface area contributed by atoms with Crippen LogP contribution < -0.4 is 5.32 Å². The van der Waals surface area contributed by atoms with Gasteiger partial charge in [0, 0.05) is 20.0 Å². The van der Waals surface area contributed by atoms with E-state index in [1.54, 1.807) is 0 Å². The molecule has 0 aliphatic heterocycles. The van der Waals surface area contributed by atoms with Crippen LogP contribution in [0.2, 0.25) is 0 Å². The van der Waals surface area contributed by atoms with Gasteiger partial charge in [-0.05, 0) is 18.3 Å². The van der Waals surface area contributed by atoms with Gasteiger partial charge in [-0.3, -0.25) is 14.2 Å². The number of anilines is 1. The second kappa shape index (κ2) is 4.10. The lowest BCUT2D eigenvalue weighted by atomic mass is 10.5. The van der Waals surface area contributed by atoms with E-state index in [1.165, 1.54) is 30.7 Å². The highest BCUT2D eigenvalue weighted by Crippen LogP contribution is 2.01. The molecule has 0 aliphatic carbocycles. The van der Waals surface area contributed by atoms with Gasteiger partial charge >= 0.3 is 0 Å². The maximum absolute atomic E-state index is 11.0. The van der Waals surface area contributed by atoms with Crippen LogP contribution in [0.5, 0.6) is 0 Å². The van der Waals surface area contributed by atoms with Crippen LogP contribution in [-0.4, -0.2) is 21.4 Å². The van der Waals surface area contributed by atoms with E-state index in [0.717, 1.165) is 0 Å². The molecule has 0 aromatic carbocycles. The Morgan fingerprint density at radius 2 is 2.14 bits per heavy atom. The van der Waals surface area contributed by atoms with Gasteiger partial charge in [-0.1, -0.05) is 0 Å². The van der Waals surface area contributed by atoms with Crippen molar-refractivity contribution in [3.8, 4) is 0 Å². The lowest BCUT2D eigenvalue weighted by Crippen LogP contribution is -2.12. The molecule has 0 unspecified atom stereocenters. The van der Waals surface area contributed by atoms with E-state index in [4.69, 9.17) is 12.2 Å². The molecule has 74 valence electrons. The van der Waals surface area contributed by atoms with Crippen LogP contribution in [0.3, 0.4) is 0 Å². The monoisotopic (exact) mass is 211 g/mol. The first kappa shape index (κ1) is 10.5. The molecule has 1 aromatic heterocycles. The molecule has 1 N–H and O–H groups in total. The lowest BCUT2D eigenvalue weighted by Gasteiger charge is -2.03. The molecule has 6 heteroatoms. The highest BCUT2D eigenvalue weighted by atomic mass is 32.1. The summed E-state index contributed by atoms with van der Waals surface area (Å²) in [5.74, 6) is -0.0932. The molecule has 0 bridgehead atoms. The first-order chi connectivity index (χ1) is 6.50. The number of aromatic nitrogens is 2. The minimum atomic E-state index is -0.229. The Bertz CT molecular complexity index is 438. The first-order valence-electron chi connectivity index (χ1n) is 3.89. The minimum absolute atomic E-state index is 0.128. The molecule has 0 aliphatic rings. The van der Waals surface area contributed by atoms with Crippen molar-refractivity contribution in [2.45, 2.75) is 13.8 Å². The zero-order chi connectivity index (χ0) is 10.7. The number of nitrogens with one attached hydrogen (secondary N) is 1. The van der Waals surface area contributed by atoms with Crippen LogP contribution in [0.1, 0.15) is 18.6 Å². The van der Waals surface area contributed by atoms with Crippen molar-refractivity contribution < 1.29 is 9.59 Å². The van der Waals surface area contributed by atoms with E-state index in [-0.39, 0.29) is 16.6 Å². The van der Waals surface area contributed by atoms with Gasteiger partial charge in [-0.15, -0.1) is 0 Å². The summed E-state index contributed by atoms with van der Waals surface area (Å²) in [6.07, 6.45) is 1.48. The molecular weight excluding hydrogens is 202 g/mol. The number of amides is 1. The number of carbonyl (C=O) groups excluding carboxylic acids is 2. The molecule has 5 nitrogen and oxygen atoms in total. The maximum Gasteiger partial charge on any atom is 0.229 e. The standard InChI is InChI=1S/C8H9N3O2S/c1-5(12)9-7-3-4-11(6(2)13)8(14)10-7/h3-4H,1-2H3,(H,9,10,12,14). The molecule has 0 saturated heterocycles. The summed E-state index contributed by atoms with van der Waals surface area (Å²) < 4.78 is 1.35. The smallest absolute Gasteiger partial charge is 0.229 e. The maximum atomic E-state index is 11.0. The number of hydrogen-bond donors (Lipinski definition) is 1. The van der Waals surface area contributed by atoms with E-state index in [9.17, 15) is 9.59 Å². The second-order valence-corrected chi connectivity index (χ2v) is 3.03. The number of nitrogens with zero attached hydrogens (tertiary/aromatic N) is 2. The normalized spacial score (nSPS) is 9.57. The average molecular weight is 211 g/mol. The van der Waals surface area contributed by atoms with Crippen molar-refractivity contribution in [3.63, 3.8) is 0 Å². The van der Waals surface area contributed by atoms with Gasteiger partial charge in [-0.2, -0.15) is 0 Å². The van der Waals surface area contributed by atoms with Gasteiger partial charge in [0.05, 0.1) is 0 Å². The van der Waals surface area contributed by atoms with Crippen molar-refractivity contribution in [2.24, 2.45) is 0 Å². The zero-order valence-electron chi connectivity index (χ0n) is 7.77. The highest BCUT2D eigenvalue weighted by molar-refractivity contribution is 7.71. The van der Waals surface area contributed by atoms with Crippen LogP contribution in [0.25, 0.3) is 0 Å². The molecule has 0 radical (unpaired) electrons. The molecule has 0 fully saturated rings. The Morgan fingerprint density at radius 3 is 2.57 bits per heavy atom. The Morgan fingerprint density at radius 1 is 1.50 bits per heavy atom. The van der Waals surface area contributed by atoms with E-state index in [1.807, 2.05) is 0 Å². The van der Waals surface area contributed by atoms with Crippen molar-refractivity contribution in [3.05, 3.63) is 17.0 Å². The Labute approximate surface area is 85.8 Å². The van der Waals surface area contributed by atoms with Gasteiger partial charge in [0.1, 0.15) is 5.82 Å². The van der Waals surface area contributed by atoms with Crippen LogP contribution >= 0.6 is 12.2 Å². The highest BCUT2D eigenvalue weighted by Gasteiger charge is 2.01. The molecular formula is C8H9N3O2S. The molecule has 0 spiro atoms. The number of carbonyl (C=O) groups is 2. The number of rotatable bonds is 1. The summed E-state index contributed by atoms with van der Waals surface area (Å²) in [4.78, 5) is 25.5.